The molecule has 1 spiro atoms. The summed E-state index contributed by atoms with van der Waals surface area (Å²) in [6, 6.07) is -7.88. The number of alkyl halides is 6. The fourth-order valence-electron chi connectivity index (χ4n) is 16.9. The first-order chi connectivity index (χ1) is 51.5. The number of fused-ring (bicyclic) bond motifs is 4. The summed E-state index contributed by atoms with van der Waals surface area (Å²) < 4.78 is 114. The largest absolute Gasteiger partial charge is 0.422 e. The Kier molecular flexibility index (Phi) is 27.5. The predicted molar refractivity (Wildman–Crippen MR) is 382 cm³/mol. The van der Waals surface area contributed by atoms with Gasteiger partial charge < -0.3 is 59.6 Å². The van der Waals surface area contributed by atoms with E-state index in [2.05, 4.69) is 10.6 Å². The van der Waals surface area contributed by atoms with Crippen LogP contribution in [0.1, 0.15) is 171 Å². The van der Waals surface area contributed by atoms with E-state index in [0.29, 0.717) is 89.4 Å². The van der Waals surface area contributed by atoms with Crippen LogP contribution in [0.2, 0.25) is 0 Å². The van der Waals surface area contributed by atoms with Crippen LogP contribution in [0, 0.1) is 23.5 Å². The molecule has 5 heterocycles. The van der Waals surface area contributed by atoms with Crippen molar-refractivity contribution >= 4 is 70.9 Å². The van der Waals surface area contributed by atoms with Gasteiger partial charge in [0.25, 0.3) is 0 Å². The molecule has 6 fully saturated rings. The second kappa shape index (κ2) is 35.5. The van der Waals surface area contributed by atoms with Crippen molar-refractivity contribution in [3.63, 3.8) is 0 Å². The summed E-state index contributed by atoms with van der Waals surface area (Å²) in [4.78, 5) is 195. The predicted octanol–water partition coefficient (Wildman–Crippen LogP) is 6.89. The van der Waals surface area contributed by atoms with Crippen molar-refractivity contribution in [3.8, 4) is 0 Å². The lowest BCUT2D eigenvalue weighted by molar-refractivity contribution is -0.166. The van der Waals surface area contributed by atoms with Crippen molar-refractivity contribution in [1.29, 1.82) is 0 Å². The molecule has 32 heteroatoms. The SMILES string of the molecule is CCC[C@H]1C(=O)N[C@@H]([C@@H](C)CC)C(=O)N2CCC[C@H]2C(=O)N(C)[C@H]2C/C=C\CCN(C2=O)[C@@H](Cc2ccc(C(F)(F)F)cc2)C(=O)N(C)CC(=O)N[C@@H](CCc2cc(F)c(C(F)(F)F)c(F)c2)C(=O)N2CCC[C@H]2C(=O)N(C)C2(CCC2)C(=O)N(C)[C@@H](C2CCCC2)C(=O)N(C)[C@H](C(=O)N2CCCC2)CC(=O)N1C. The molecule has 2 aromatic rings. The molecule has 4 saturated heterocycles. The topological polar surface area (TPSA) is 261 Å². The van der Waals surface area contributed by atoms with Gasteiger partial charge >= 0.3 is 12.4 Å². The van der Waals surface area contributed by atoms with Gasteiger partial charge in [-0.1, -0.05) is 70.7 Å². The van der Waals surface area contributed by atoms with Gasteiger partial charge in [0.05, 0.1) is 18.5 Å². The van der Waals surface area contributed by atoms with Gasteiger partial charge in [-0.15, -0.1) is 0 Å². The number of rotatable bonds is 11. The van der Waals surface area contributed by atoms with E-state index in [-0.39, 0.29) is 82.1 Å². The maximum absolute atomic E-state index is 15.7. The van der Waals surface area contributed by atoms with Gasteiger partial charge in [0.2, 0.25) is 70.9 Å². The number of nitrogens with one attached hydrogen (secondary N) is 2. The average molecular weight is 1540 g/mol. The molecule has 7 aliphatic rings. The number of nitrogens with zero attached hydrogens (tertiary/aromatic N) is 10. The minimum Gasteiger partial charge on any atom is -0.343 e. The van der Waals surface area contributed by atoms with Crippen LogP contribution >= 0.6 is 0 Å². The zero-order valence-electron chi connectivity index (χ0n) is 63.7. The summed E-state index contributed by atoms with van der Waals surface area (Å²) >= 11 is 0. The second-order valence-corrected chi connectivity index (χ2v) is 30.6. The molecule has 24 nitrogen and oxygen atoms in total. The Balaban J connectivity index is 1.13. The summed E-state index contributed by atoms with van der Waals surface area (Å²) in [7, 11) is 8.17. The molecule has 2 aromatic carbocycles. The van der Waals surface area contributed by atoms with Gasteiger partial charge in [-0.05, 0) is 150 Å². The van der Waals surface area contributed by atoms with Crippen molar-refractivity contribution in [3.05, 3.63) is 82.4 Å². The zero-order chi connectivity index (χ0) is 79.9. The first-order valence-corrected chi connectivity index (χ1v) is 38.2. The van der Waals surface area contributed by atoms with Crippen LogP contribution in [0.3, 0.4) is 0 Å². The normalized spacial score (nSPS) is 27.3. The van der Waals surface area contributed by atoms with E-state index in [4.69, 9.17) is 0 Å². The second-order valence-electron chi connectivity index (χ2n) is 30.6. The Labute approximate surface area is 630 Å². The van der Waals surface area contributed by atoms with Crippen LogP contribution in [0.15, 0.2) is 48.6 Å². The van der Waals surface area contributed by atoms with Crippen molar-refractivity contribution < 1.29 is 92.7 Å². The van der Waals surface area contributed by atoms with Crippen LogP contribution in [0.5, 0.6) is 0 Å². The van der Waals surface area contributed by atoms with Crippen LogP contribution in [0.4, 0.5) is 35.1 Å². The van der Waals surface area contributed by atoms with Crippen LogP contribution in [-0.4, -0.2) is 261 Å². The molecule has 600 valence electrons. The Morgan fingerprint density at radius 2 is 1.18 bits per heavy atom. The number of hydrogen-bond donors (Lipinski definition) is 2. The smallest absolute Gasteiger partial charge is 0.343 e. The minimum atomic E-state index is -5.44. The molecule has 12 amide bonds. The number of carbonyl (C=O) groups is 12. The Morgan fingerprint density at radius 1 is 0.578 bits per heavy atom. The lowest BCUT2D eigenvalue weighted by Gasteiger charge is -2.51. The molecule has 2 saturated carbocycles. The number of aryl methyl sites for hydroxylation is 1. The molecular formula is C77H104F8N12O12. The molecule has 2 N–H and O–H groups in total. The summed E-state index contributed by atoms with van der Waals surface area (Å²) in [6.45, 7) is 4.77. The summed E-state index contributed by atoms with van der Waals surface area (Å²) in [5, 5.41) is 5.50. The fraction of sp³-hybridized carbons (Fsp3) is 0.662. The fourth-order valence-corrected chi connectivity index (χ4v) is 16.9. The van der Waals surface area contributed by atoms with Crippen molar-refractivity contribution in [2.24, 2.45) is 11.8 Å². The highest BCUT2D eigenvalue weighted by molar-refractivity contribution is 6.01. The molecule has 9 rings (SSSR count). The number of likely N-dealkylation sites (tertiary alicyclic amines) is 1. The Hall–Kier alpha value is -8.74. The molecule has 2 bridgehead atoms. The highest BCUT2D eigenvalue weighted by atomic mass is 19.4. The van der Waals surface area contributed by atoms with Crippen molar-refractivity contribution in [1.82, 2.24) is 59.6 Å². The van der Waals surface area contributed by atoms with Gasteiger partial charge in [0, 0.05) is 81.4 Å². The van der Waals surface area contributed by atoms with Crippen molar-refractivity contribution in [2.75, 3.05) is 81.6 Å². The van der Waals surface area contributed by atoms with Crippen molar-refractivity contribution in [2.45, 2.75) is 234 Å². The number of benzene rings is 2. The maximum Gasteiger partial charge on any atom is 0.422 e. The monoisotopic (exact) mass is 1540 g/mol. The third kappa shape index (κ3) is 18.5. The Morgan fingerprint density at radius 3 is 1.75 bits per heavy atom. The van der Waals surface area contributed by atoms with Gasteiger partial charge in [0.1, 0.15) is 77.1 Å². The first-order valence-electron chi connectivity index (χ1n) is 38.2. The molecular weight excluding hydrogens is 1440 g/mol. The molecule has 0 radical (unpaired) electrons. The standard InChI is InChI=1S/C77H104F8N12O12/c1-10-22-54-65(100)87-63(46(3)11-2)72(107)96-40-19-26-56(96)68(103)90(6)55-25-13-12-16-38-97(71(55)106)59(43-47-28-31-50(32-29-47)76(80,81)82)67(102)88(4)45-60(98)86-53(33-30-48-41-51(78)62(52(79)42-48)77(83,84)85)66(101)95-39-20-27-57(95)69(104)93(9)75(34-21-35-75)74(109)92(8)64(49-23-14-15-24-49)73(108)91(7)58(44-61(99)89(54)5)70(105)94-36-17-18-37-94/h12-13,28-29,31-32,41-42,46,49,53-59,63-64H,10-11,14-27,30,33-40,43-45H2,1-9H3,(H,86,98)(H,87,100)/b13-12-/t46-,53-,54-,55-,56-,57-,58-,59-,63-,64-/m0/s1. The van der Waals surface area contributed by atoms with Crippen LogP contribution < -0.4 is 10.6 Å². The van der Waals surface area contributed by atoms with E-state index in [0.717, 1.165) is 43.9 Å². The van der Waals surface area contributed by atoms with E-state index in [1.807, 2.05) is 0 Å². The lowest BCUT2D eigenvalue weighted by atomic mass is 9.73. The van der Waals surface area contributed by atoms with E-state index in [9.17, 15) is 40.7 Å². The molecule has 2 aliphatic carbocycles. The van der Waals surface area contributed by atoms with Crippen LogP contribution in [-0.2, 0) is 82.7 Å². The van der Waals surface area contributed by atoms with Crippen LogP contribution in [0.25, 0.3) is 0 Å². The average Bonchev–Trinajstić information content (AvgIpc) is 1.53. The van der Waals surface area contributed by atoms with E-state index >= 15 is 51.9 Å². The van der Waals surface area contributed by atoms with Gasteiger partial charge in [0.15, 0.2) is 0 Å². The molecule has 5 aliphatic heterocycles. The third-order valence-electron chi connectivity index (χ3n) is 23.7. The zero-order valence-corrected chi connectivity index (χ0v) is 63.7. The van der Waals surface area contributed by atoms with Gasteiger partial charge in [-0.3, -0.25) is 57.5 Å². The highest BCUT2D eigenvalue weighted by Gasteiger charge is 2.56. The number of carbonyl (C=O) groups excluding carboxylic acids is 12. The Bertz CT molecular complexity index is 3730. The highest BCUT2D eigenvalue weighted by Crippen LogP contribution is 2.43. The lowest BCUT2D eigenvalue weighted by Crippen LogP contribution is -2.68. The van der Waals surface area contributed by atoms with Gasteiger partial charge in [-0.2, -0.15) is 26.3 Å². The van der Waals surface area contributed by atoms with E-state index in [1.54, 1.807) is 37.8 Å². The first kappa shape index (κ1) is 84.3. The molecule has 109 heavy (non-hydrogen) atoms. The summed E-state index contributed by atoms with van der Waals surface area (Å²) in [6.07, 6.45) is -3.35. The van der Waals surface area contributed by atoms with Gasteiger partial charge in [-0.25, -0.2) is 8.78 Å². The van der Waals surface area contributed by atoms with E-state index in [1.165, 1.54) is 66.8 Å². The summed E-state index contributed by atoms with van der Waals surface area (Å²) in [5.41, 5.74) is -5.06. The quantitative estimate of drug-likeness (QED) is 0.172. The number of amides is 12. The number of hydrogen-bond acceptors (Lipinski definition) is 12. The molecule has 0 unspecified atom stereocenters. The van der Waals surface area contributed by atoms with E-state index < -0.39 is 210 Å². The molecule has 0 aromatic heterocycles. The third-order valence-corrected chi connectivity index (χ3v) is 23.7. The maximum atomic E-state index is 15.7. The summed E-state index contributed by atoms with van der Waals surface area (Å²) in [5.74, 6) is -14.0. The molecule has 10 atom stereocenters. The number of halogens is 8. The number of likely N-dealkylation sites (N-methyl/N-ethyl adjacent to an activating group) is 6. The minimum absolute atomic E-state index is 0.00780.